The molecule has 11 nitrogen and oxygen atoms in total. The SMILES string of the molecule is CC/C=C\C/C=C\C/C=C\C/C=C\C/C=C\CCCCCCCC(=O)OC1C(OCC(NC(=O)C(O)CCCCCCCC/C=C\C/C=C\C/C=C\C/C=C\CCCCC)C(O)/C=C/CCCCCCCCCCCC)OC(CO)C(O)C1O. The molecule has 0 spiro atoms. The summed E-state index contributed by atoms with van der Waals surface area (Å²) in [7, 11) is 0. The van der Waals surface area contributed by atoms with Crippen molar-refractivity contribution in [3.8, 4) is 0 Å². The topological polar surface area (TPSA) is 175 Å². The summed E-state index contributed by atoms with van der Waals surface area (Å²) in [6.45, 7) is 5.63. The zero-order valence-corrected chi connectivity index (χ0v) is 53.2. The summed E-state index contributed by atoms with van der Waals surface area (Å²) in [6, 6.07) is -1.04. The summed E-state index contributed by atoms with van der Waals surface area (Å²) in [4.78, 5) is 26.6. The fourth-order valence-corrected chi connectivity index (χ4v) is 9.78. The van der Waals surface area contributed by atoms with Gasteiger partial charge in [0, 0.05) is 6.42 Å². The van der Waals surface area contributed by atoms with Crippen LogP contribution in [0.25, 0.3) is 0 Å². The number of carbonyl (C=O) groups excluding carboxylic acids is 2. The summed E-state index contributed by atoms with van der Waals surface area (Å²) >= 11 is 0. The van der Waals surface area contributed by atoms with E-state index in [0.29, 0.717) is 12.8 Å². The quantitative estimate of drug-likeness (QED) is 0.0195. The number of amides is 1. The number of rotatable bonds is 56. The molecule has 0 aromatic carbocycles. The molecule has 6 N–H and O–H groups in total. The Labute approximate surface area is 512 Å². The molecule has 0 radical (unpaired) electrons. The van der Waals surface area contributed by atoms with E-state index in [1.165, 1.54) is 70.6 Å². The summed E-state index contributed by atoms with van der Waals surface area (Å²) in [6.07, 6.45) is 72.2. The second-order valence-electron chi connectivity index (χ2n) is 22.8. The predicted octanol–water partition coefficient (Wildman–Crippen LogP) is 17.0. The molecule has 8 atom stereocenters. The van der Waals surface area contributed by atoms with Gasteiger partial charge in [0.1, 0.15) is 24.4 Å². The molecule has 0 saturated carbocycles. The molecule has 1 aliphatic rings. The molecule has 84 heavy (non-hydrogen) atoms. The van der Waals surface area contributed by atoms with E-state index in [2.05, 4.69) is 135 Å². The third-order valence-electron chi connectivity index (χ3n) is 15.1. The molecule has 0 bridgehead atoms. The standard InChI is InChI=1S/C73H123NO10/c1-4-7-10-13-16-19-22-25-27-29-31-33-35-36-38-40-42-45-48-51-54-57-60-66(77)72(81)74-64(65(76)59-56-53-50-47-44-24-21-18-15-12-9-6-3)63-82-73-71(70(80)69(79)67(62-75)83-73)84-68(78)61-58-55-52-49-46-43-41-39-37-34-32-30-28-26-23-20-17-14-11-8-5-2/h8,11,16-17,19-20,25-28,31-34,36,38-39,41,56,59,64-67,69-71,73,75-77,79-80H,4-7,9-10,12-15,18,21-24,29-30,35,37,40,42-55,57-58,60-63H2,1-3H3,(H,74,81)/b11-8-,19-16-,20-17-,27-25-,28-26-,33-31-,34-32-,38-36-,41-39-,59-56+. The number of carbonyl (C=O) groups is 2. The van der Waals surface area contributed by atoms with E-state index in [9.17, 15) is 35.1 Å². The van der Waals surface area contributed by atoms with Gasteiger partial charge < -0.3 is 45.1 Å². The monoisotopic (exact) mass is 1170 g/mol. The Morgan fingerprint density at radius 3 is 1.31 bits per heavy atom. The summed E-state index contributed by atoms with van der Waals surface area (Å²) in [5.74, 6) is -1.23. The van der Waals surface area contributed by atoms with Crippen LogP contribution in [0.1, 0.15) is 265 Å². The van der Waals surface area contributed by atoms with Crippen molar-refractivity contribution in [3.63, 3.8) is 0 Å². The maximum absolute atomic E-state index is 13.5. The zero-order valence-electron chi connectivity index (χ0n) is 53.2. The lowest BCUT2D eigenvalue weighted by molar-refractivity contribution is -0.305. The van der Waals surface area contributed by atoms with Crippen LogP contribution in [0.2, 0.25) is 0 Å². The lowest BCUT2D eigenvalue weighted by Crippen LogP contribution is -2.61. The molecule has 1 heterocycles. The maximum atomic E-state index is 13.5. The molecule has 0 aromatic heterocycles. The molecular weight excluding hydrogens is 1050 g/mol. The number of nitrogens with one attached hydrogen (secondary N) is 1. The Hall–Kier alpha value is -3.94. The van der Waals surface area contributed by atoms with E-state index in [1.807, 2.05) is 6.08 Å². The van der Waals surface area contributed by atoms with E-state index in [-0.39, 0.29) is 19.4 Å². The normalized spacial score (nSPS) is 19.3. The smallest absolute Gasteiger partial charge is 0.306 e. The summed E-state index contributed by atoms with van der Waals surface area (Å²) < 4.78 is 17.6. The number of ether oxygens (including phenoxy) is 3. The fraction of sp³-hybridized carbons (Fsp3) is 0.699. The first-order chi connectivity index (χ1) is 41.2. The van der Waals surface area contributed by atoms with Crippen LogP contribution in [0.3, 0.4) is 0 Å². The number of hydrogen-bond donors (Lipinski definition) is 6. The highest BCUT2D eigenvalue weighted by atomic mass is 16.7. The van der Waals surface area contributed by atoms with Crippen molar-refractivity contribution < 1.29 is 49.3 Å². The van der Waals surface area contributed by atoms with Crippen molar-refractivity contribution in [2.24, 2.45) is 0 Å². The van der Waals surface area contributed by atoms with Gasteiger partial charge in [-0.2, -0.15) is 0 Å². The van der Waals surface area contributed by atoms with Crippen LogP contribution >= 0.6 is 0 Å². The van der Waals surface area contributed by atoms with Crippen LogP contribution in [0.15, 0.2) is 122 Å². The number of hydrogen-bond acceptors (Lipinski definition) is 10. The highest BCUT2D eigenvalue weighted by Gasteiger charge is 2.47. The van der Waals surface area contributed by atoms with Gasteiger partial charge in [0.15, 0.2) is 12.4 Å². The highest BCUT2D eigenvalue weighted by molar-refractivity contribution is 5.80. The number of aliphatic hydroxyl groups excluding tert-OH is 5. The van der Waals surface area contributed by atoms with Gasteiger partial charge in [-0.1, -0.05) is 264 Å². The van der Waals surface area contributed by atoms with Crippen LogP contribution in [-0.4, -0.2) is 99.6 Å². The number of unbranched alkanes of at least 4 members (excludes halogenated alkanes) is 24. The first-order valence-electron chi connectivity index (χ1n) is 33.8. The summed E-state index contributed by atoms with van der Waals surface area (Å²) in [5, 5.41) is 57.2. The first kappa shape index (κ1) is 78.1. The van der Waals surface area contributed by atoms with E-state index in [0.717, 1.165) is 148 Å². The highest BCUT2D eigenvalue weighted by Crippen LogP contribution is 2.26. The van der Waals surface area contributed by atoms with E-state index in [1.54, 1.807) is 6.08 Å². The fourth-order valence-electron chi connectivity index (χ4n) is 9.78. The predicted molar refractivity (Wildman–Crippen MR) is 351 cm³/mol. The van der Waals surface area contributed by atoms with Crippen molar-refractivity contribution in [3.05, 3.63) is 122 Å². The van der Waals surface area contributed by atoms with Gasteiger partial charge in [0.05, 0.1) is 25.4 Å². The van der Waals surface area contributed by atoms with Crippen molar-refractivity contribution in [2.75, 3.05) is 13.2 Å². The number of allylic oxidation sites excluding steroid dienone is 19. The molecule has 1 fully saturated rings. The third kappa shape index (κ3) is 46.3. The van der Waals surface area contributed by atoms with Crippen LogP contribution in [0.4, 0.5) is 0 Å². The van der Waals surface area contributed by atoms with Gasteiger partial charge in [-0.25, -0.2) is 0 Å². The molecule has 1 aliphatic heterocycles. The van der Waals surface area contributed by atoms with Crippen molar-refractivity contribution in [1.82, 2.24) is 5.32 Å². The van der Waals surface area contributed by atoms with Crippen molar-refractivity contribution >= 4 is 11.9 Å². The average Bonchev–Trinajstić information content (AvgIpc) is 3.69. The molecule has 1 rings (SSSR count). The van der Waals surface area contributed by atoms with Gasteiger partial charge in [-0.05, 0) is 116 Å². The third-order valence-corrected chi connectivity index (χ3v) is 15.1. The Morgan fingerprint density at radius 2 is 0.857 bits per heavy atom. The molecule has 1 saturated heterocycles. The Kier molecular flexibility index (Phi) is 55.2. The second-order valence-corrected chi connectivity index (χ2v) is 22.8. The zero-order chi connectivity index (χ0) is 61.0. The van der Waals surface area contributed by atoms with Gasteiger partial charge in [0.2, 0.25) is 5.91 Å². The lowest BCUT2D eigenvalue weighted by Gasteiger charge is -2.41. The van der Waals surface area contributed by atoms with Crippen LogP contribution < -0.4 is 5.32 Å². The lowest BCUT2D eigenvalue weighted by atomic mass is 9.99. The second kappa shape index (κ2) is 59.4. The van der Waals surface area contributed by atoms with Crippen molar-refractivity contribution in [1.29, 1.82) is 0 Å². The van der Waals surface area contributed by atoms with E-state index >= 15 is 0 Å². The number of esters is 1. The Bertz CT molecular complexity index is 1830. The van der Waals surface area contributed by atoms with Gasteiger partial charge >= 0.3 is 5.97 Å². The minimum atomic E-state index is -1.63. The van der Waals surface area contributed by atoms with Gasteiger partial charge in [0.25, 0.3) is 0 Å². The Morgan fingerprint density at radius 1 is 0.476 bits per heavy atom. The molecule has 8 unspecified atom stereocenters. The van der Waals surface area contributed by atoms with Crippen LogP contribution in [-0.2, 0) is 23.8 Å². The summed E-state index contributed by atoms with van der Waals surface area (Å²) in [5.41, 5.74) is 0. The van der Waals surface area contributed by atoms with E-state index < -0.39 is 67.4 Å². The molecule has 0 aromatic rings. The molecule has 0 aliphatic carbocycles. The molecular formula is C73H123NO10. The van der Waals surface area contributed by atoms with Crippen LogP contribution in [0.5, 0.6) is 0 Å². The van der Waals surface area contributed by atoms with Gasteiger partial charge in [-0.15, -0.1) is 0 Å². The molecule has 480 valence electrons. The average molecular weight is 1170 g/mol. The molecule has 1 amide bonds. The van der Waals surface area contributed by atoms with Crippen molar-refractivity contribution in [2.45, 2.75) is 314 Å². The number of aliphatic hydroxyl groups is 5. The maximum Gasteiger partial charge on any atom is 0.306 e. The Balaban J connectivity index is 2.66. The van der Waals surface area contributed by atoms with E-state index in [4.69, 9.17) is 14.2 Å². The minimum Gasteiger partial charge on any atom is -0.454 e. The van der Waals surface area contributed by atoms with Gasteiger partial charge in [-0.3, -0.25) is 9.59 Å². The first-order valence-corrected chi connectivity index (χ1v) is 33.8. The molecule has 11 heteroatoms. The van der Waals surface area contributed by atoms with Crippen LogP contribution in [0, 0.1) is 0 Å². The largest absolute Gasteiger partial charge is 0.454 e. The minimum absolute atomic E-state index is 0.0934.